The highest BCUT2D eigenvalue weighted by Gasteiger charge is 2.21. The second-order valence-electron chi connectivity index (χ2n) is 3.37. The molecule has 2 heterocycles. The van der Waals surface area contributed by atoms with E-state index in [0.717, 1.165) is 24.6 Å². The Morgan fingerprint density at radius 1 is 1.69 bits per heavy atom. The number of hydrogen-bond donors (Lipinski definition) is 1. The van der Waals surface area contributed by atoms with Crippen molar-refractivity contribution >= 4 is 16.5 Å². The summed E-state index contributed by atoms with van der Waals surface area (Å²) in [6, 6.07) is 0.510. The third kappa shape index (κ3) is 2.16. The van der Waals surface area contributed by atoms with Crippen LogP contribution in [0.25, 0.3) is 0 Å². The SMILES string of the molecule is CC1COCCC1Nc1cnns1. The van der Waals surface area contributed by atoms with E-state index in [0.29, 0.717) is 12.0 Å². The van der Waals surface area contributed by atoms with Crippen molar-refractivity contribution in [3.05, 3.63) is 6.20 Å². The molecule has 1 aromatic rings. The van der Waals surface area contributed by atoms with Gasteiger partial charge in [-0.15, -0.1) is 5.10 Å². The molecule has 0 bridgehead atoms. The highest BCUT2D eigenvalue weighted by Crippen LogP contribution is 2.20. The van der Waals surface area contributed by atoms with Gasteiger partial charge in [0.1, 0.15) is 5.00 Å². The molecule has 72 valence electrons. The highest BCUT2D eigenvalue weighted by atomic mass is 32.1. The van der Waals surface area contributed by atoms with Crippen molar-refractivity contribution in [1.82, 2.24) is 9.59 Å². The molecule has 2 rings (SSSR count). The van der Waals surface area contributed by atoms with E-state index in [1.54, 1.807) is 6.20 Å². The lowest BCUT2D eigenvalue weighted by molar-refractivity contribution is 0.0538. The average Bonchev–Trinajstić information content (AvgIpc) is 2.61. The molecule has 0 amide bonds. The van der Waals surface area contributed by atoms with Gasteiger partial charge in [0.25, 0.3) is 0 Å². The molecule has 13 heavy (non-hydrogen) atoms. The molecule has 1 saturated heterocycles. The standard InChI is InChI=1S/C8H13N3OS/c1-6-5-12-3-2-7(6)10-8-4-9-11-13-8/h4,6-7,10H,2-3,5H2,1H3. The van der Waals surface area contributed by atoms with E-state index >= 15 is 0 Å². The van der Waals surface area contributed by atoms with Crippen LogP contribution in [0.4, 0.5) is 5.00 Å². The number of ether oxygens (including phenoxy) is 1. The molecule has 1 aliphatic heterocycles. The first-order valence-electron chi connectivity index (χ1n) is 4.48. The largest absolute Gasteiger partial charge is 0.381 e. The van der Waals surface area contributed by atoms with Gasteiger partial charge in [-0.3, -0.25) is 0 Å². The Balaban J connectivity index is 1.93. The van der Waals surface area contributed by atoms with E-state index in [9.17, 15) is 0 Å². The first-order chi connectivity index (χ1) is 6.36. The summed E-state index contributed by atoms with van der Waals surface area (Å²) in [5.41, 5.74) is 0. The molecule has 0 aromatic carbocycles. The summed E-state index contributed by atoms with van der Waals surface area (Å²) in [6.45, 7) is 3.91. The third-order valence-corrected chi connectivity index (χ3v) is 2.93. The van der Waals surface area contributed by atoms with E-state index in [2.05, 4.69) is 21.8 Å². The quantitative estimate of drug-likeness (QED) is 0.781. The Morgan fingerprint density at radius 3 is 3.31 bits per heavy atom. The Bertz CT molecular complexity index is 252. The van der Waals surface area contributed by atoms with Crippen LogP contribution >= 0.6 is 11.5 Å². The number of aromatic nitrogens is 2. The Labute approximate surface area is 81.5 Å². The van der Waals surface area contributed by atoms with Crippen molar-refractivity contribution in [2.24, 2.45) is 5.92 Å². The van der Waals surface area contributed by atoms with Gasteiger partial charge in [-0.1, -0.05) is 11.4 Å². The molecule has 1 fully saturated rings. The molecule has 4 nitrogen and oxygen atoms in total. The summed E-state index contributed by atoms with van der Waals surface area (Å²) in [4.78, 5) is 0. The lowest BCUT2D eigenvalue weighted by Gasteiger charge is -2.29. The van der Waals surface area contributed by atoms with Crippen LogP contribution in [0.2, 0.25) is 0 Å². The summed E-state index contributed by atoms with van der Waals surface area (Å²) in [7, 11) is 0. The lowest BCUT2D eigenvalue weighted by Crippen LogP contribution is -2.35. The van der Waals surface area contributed by atoms with Crippen molar-refractivity contribution in [1.29, 1.82) is 0 Å². The molecule has 0 spiro atoms. The topological polar surface area (TPSA) is 47.0 Å². The number of rotatable bonds is 2. The van der Waals surface area contributed by atoms with Gasteiger partial charge in [-0.25, -0.2) is 0 Å². The second-order valence-corrected chi connectivity index (χ2v) is 4.16. The van der Waals surface area contributed by atoms with Gasteiger partial charge in [0.05, 0.1) is 12.8 Å². The first-order valence-corrected chi connectivity index (χ1v) is 5.25. The van der Waals surface area contributed by atoms with Gasteiger partial charge < -0.3 is 10.1 Å². The summed E-state index contributed by atoms with van der Waals surface area (Å²) in [5.74, 6) is 0.566. The van der Waals surface area contributed by atoms with E-state index < -0.39 is 0 Å². The number of anilines is 1. The maximum absolute atomic E-state index is 5.36. The van der Waals surface area contributed by atoms with Crippen LogP contribution in [-0.4, -0.2) is 28.8 Å². The van der Waals surface area contributed by atoms with Gasteiger partial charge in [0, 0.05) is 24.2 Å². The zero-order valence-electron chi connectivity index (χ0n) is 7.56. The molecule has 0 saturated carbocycles. The minimum atomic E-state index is 0.510. The van der Waals surface area contributed by atoms with Gasteiger partial charge in [0.15, 0.2) is 0 Å². The highest BCUT2D eigenvalue weighted by molar-refractivity contribution is 7.09. The molecule has 0 aliphatic carbocycles. The smallest absolute Gasteiger partial charge is 0.130 e. The fourth-order valence-electron chi connectivity index (χ4n) is 1.51. The van der Waals surface area contributed by atoms with Gasteiger partial charge in [0.2, 0.25) is 0 Å². The predicted molar refractivity (Wildman–Crippen MR) is 51.9 cm³/mol. The third-order valence-electron chi connectivity index (χ3n) is 2.33. The Kier molecular flexibility index (Phi) is 2.75. The average molecular weight is 199 g/mol. The number of hydrogen-bond acceptors (Lipinski definition) is 5. The lowest BCUT2D eigenvalue weighted by atomic mass is 9.98. The van der Waals surface area contributed by atoms with Crippen LogP contribution in [-0.2, 0) is 4.74 Å². The Morgan fingerprint density at radius 2 is 2.62 bits per heavy atom. The van der Waals surface area contributed by atoms with E-state index in [1.807, 2.05) is 0 Å². The van der Waals surface area contributed by atoms with Crippen molar-refractivity contribution in [3.63, 3.8) is 0 Å². The summed E-state index contributed by atoms with van der Waals surface area (Å²) in [6.07, 6.45) is 2.84. The zero-order valence-corrected chi connectivity index (χ0v) is 8.38. The molecule has 2 unspecified atom stereocenters. The summed E-state index contributed by atoms with van der Waals surface area (Å²) >= 11 is 1.41. The van der Waals surface area contributed by atoms with Crippen LogP contribution in [0.1, 0.15) is 13.3 Å². The zero-order chi connectivity index (χ0) is 9.10. The normalized spacial score (nSPS) is 28.7. The second kappa shape index (κ2) is 4.02. The van der Waals surface area contributed by atoms with E-state index in [-0.39, 0.29) is 0 Å². The molecular weight excluding hydrogens is 186 g/mol. The number of nitrogens with one attached hydrogen (secondary N) is 1. The molecule has 1 aliphatic rings. The molecule has 5 heteroatoms. The first kappa shape index (κ1) is 8.90. The maximum Gasteiger partial charge on any atom is 0.130 e. The Hall–Kier alpha value is -0.680. The fourth-order valence-corrected chi connectivity index (χ4v) is 1.99. The maximum atomic E-state index is 5.36. The molecule has 0 radical (unpaired) electrons. The van der Waals surface area contributed by atoms with Gasteiger partial charge in [-0.2, -0.15) is 0 Å². The molecule has 1 N–H and O–H groups in total. The predicted octanol–water partition coefficient (Wildman–Crippen LogP) is 1.37. The van der Waals surface area contributed by atoms with Crippen LogP contribution in [0.15, 0.2) is 6.20 Å². The van der Waals surface area contributed by atoms with Crippen LogP contribution in [0.3, 0.4) is 0 Å². The molecule has 1 aromatic heterocycles. The number of nitrogens with zero attached hydrogens (tertiary/aromatic N) is 2. The van der Waals surface area contributed by atoms with Crippen molar-refractivity contribution < 1.29 is 4.74 Å². The van der Waals surface area contributed by atoms with Crippen LogP contribution in [0.5, 0.6) is 0 Å². The summed E-state index contributed by atoms with van der Waals surface area (Å²) < 4.78 is 9.17. The van der Waals surface area contributed by atoms with Crippen LogP contribution < -0.4 is 5.32 Å². The van der Waals surface area contributed by atoms with Crippen LogP contribution in [0, 0.1) is 5.92 Å². The van der Waals surface area contributed by atoms with Crippen molar-refractivity contribution in [2.75, 3.05) is 18.5 Å². The van der Waals surface area contributed by atoms with Gasteiger partial charge in [-0.05, 0) is 12.3 Å². The van der Waals surface area contributed by atoms with Crippen molar-refractivity contribution in [2.45, 2.75) is 19.4 Å². The fraction of sp³-hybridized carbons (Fsp3) is 0.750. The van der Waals surface area contributed by atoms with E-state index in [1.165, 1.54) is 11.5 Å². The van der Waals surface area contributed by atoms with Crippen molar-refractivity contribution in [3.8, 4) is 0 Å². The minimum absolute atomic E-state index is 0.510. The molecular formula is C8H13N3OS. The summed E-state index contributed by atoms with van der Waals surface area (Å²) in [5, 5.41) is 8.27. The molecule has 2 atom stereocenters. The van der Waals surface area contributed by atoms with E-state index in [4.69, 9.17) is 4.74 Å². The monoisotopic (exact) mass is 199 g/mol. The van der Waals surface area contributed by atoms with Gasteiger partial charge >= 0.3 is 0 Å². The minimum Gasteiger partial charge on any atom is -0.381 e.